The number of phenolic OH excluding ortho intramolecular Hbond substituents is 1. The predicted octanol–water partition coefficient (Wildman–Crippen LogP) is 4.29. The van der Waals surface area contributed by atoms with Crippen molar-refractivity contribution >= 4 is 34.7 Å². The molecule has 0 spiro atoms. The van der Waals surface area contributed by atoms with E-state index in [9.17, 15) is 19.5 Å². The number of nitrogens with zero attached hydrogens (tertiary/aromatic N) is 1. The average molecular weight is 406 g/mol. The van der Waals surface area contributed by atoms with Gasteiger partial charge in [-0.1, -0.05) is 23.7 Å². The summed E-state index contributed by atoms with van der Waals surface area (Å²) < 4.78 is 0. The van der Waals surface area contributed by atoms with E-state index in [-0.39, 0.29) is 39.7 Å². The van der Waals surface area contributed by atoms with E-state index in [2.05, 4.69) is 4.99 Å². The number of ketones is 3. The first-order valence-electron chi connectivity index (χ1n) is 9.48. The number of halogens is 1. The molecule has 0 bridgehead atoms. The number of rotatable bonds is 1. The topological polar surface area (TPSA) is 83.8 Å². The zero-order valence-electron chi connectivity index (χ0n) is 15.3. The van der Waals surface area contributed by atoms with Crippen molar-refractivity contribution in [2.24, 2.45) is 10.9 Å². The number of aromatic hydroxyl groups is 1. The molecule has 2 aromatic carbocycles. The Bertz CT molecular complexity index is 1160. The van der Waals surface area contributed by atoms with Gasteiger partial charge in [0.05, 0.1) is 5.92 Å². The molecule has 29 heavy (non-hydrogen) atoms. The normalized spacial score (nSPS) is 23.3. The molecule has 144 valence electrons. The van der Waals surface area contributed by atoms with Crippen LogP contribution in [0.5, 0.6) is 5.75 Å². The molecule has 2 aromatic rings. The summed E-state index contributed by atoms with van der Waals surface area (Å²) in [7, 11) is 0. The van der Waals surface area contributed by atoms with Crippen LogP contribution in [0.4, 0.5) is 0 Å². The zero-order chi connectivity index (χ0) is 20.3. The van der Waals surface area contributed by atoms with Crippen molar-refractivity contribution in [2.45, 2.75) is 25.2 Å². The third-order valence-electron chi connectivity index (χ3n) is 5.90. The Morgan fingerprint density at radius 3 is 2.41 bits per heavy atom. The average Bonchev–Trinajstić information content (AvgIpc) is 2.71. The van der Waals surface area contributed by atoms with Gasteiger partial charge in [-0.05, 0) is 48.7 Å². The first kappa shape index (κ1) is 18.0. The quantitative estimate of drug-likeness (QED) is 0.767. The number of fused-ring (bicyclic) bond motifs is 2. The second-order valence-electron chi connectivity index (χ2n) is 7.58. The van der Waals surface area contributed by atoms with Crippen molar-refractivity contribution in [1.29, 1.82) is 0 Å². The van der Waals surface area contributed by atoms with E-state index in [1.54, 1.807) is 24.3 Å². The molecule has 3 aliphatic rings. The highest BCUT2D eigenvalue weighted by atomic mass is 35.5. The van der Waals surface area contributed by atoms with E-state index in [0.717, 1.165) is 5.56 Å². The molecule has 2 atom stereocenters. The number of phenols is 1. The van der Waals surface area contributed by atoms with Crippen LogP contribution in [0.15, 0.2) is 58.7 Å². The van der Waals surface area contributed by atoms with E-state index < -0.39 is 17.6 Å². The molecule has 0 saturated heterocycles. The van der Waals surface area contributed by atoms with Gasteiger partial charge in [-0.25, -0.2) is 0 Å². The minimum atomic E-state index is -0.569. The summed E-state index contributed by atoms with van der Waals surface area (Å²) in [5.41, 5.74) is 2.15. The molecule has 2 aliphatic carbocycles. The first-order valence-corrected chi connectivity index (χ1v) is 9.85. The number of allylic oxidation sites excluding steroid dienone is 2. The Hall–Kier alpha value is -3.05. The van der Waals surface area contributed by atoms with Crippen LogP contribution in [0.25, 0.3) is 0 Å². The monoisotopic (exact) mass is 405 g/mol. The Morgan fingerprint density at radius 1 is 0.897 bits per heavy atom. The second-order valence-corrected chi connectivity index (χ2v) is 8.02. The number of carbonyl (C=O) groups is 3. The van der Waals surface area contributed by atoms with Crippen LogP contribution in [0.2, 0.25) is 5.02 Å². The highest BCUT2D eigenvalue weighted by molar-refractivity contribution is 6.31. The lowest BCUT2D eigenvalue weighted by Crippen LogP contribution is -2.41. The minimum Gasteiger partial charge on any atom is -0.508 e. The predicted molar refractivity (Wildman–Crippen MR) is 108 cm³/mol. The van der Waals surface area contributed by atoms with E-state index in [4.69, 9.17) is 11.6 Å². The lowest BCUT2D eigenvalue weighted by Gasteiger charge is -2.37. The van der Waals surface area contributed by atoms with Crippen molar-refractivity contribution in [2.75, 3.05) is 0 Å². The molecule has 1 heterocycles. The molecule has 0 radical (unpaired) electrons. The van der Waals surface area contributed by atoms with Gasteiger partial charge in [0, 0.05) is 39.8 Å². The maximum absolute atomic E-state index is 13.4. The Morgan fingerprint density at radius 2 is 1.66 bits per heavy atom. The van der Waals surface area contributed by atoms with Crippen LogP contribution >= 0.6 is 11.6 Å². The maximum atomic E-state index is 13.4. The van der Waals surface area contributed by atoms with Gasteiger partial charge in [0.2, 0.25) is 5.78 Å². The molecule has 0 amide bonds. The fourth-order valence-corrected chi connectivity index (χ4v) is 4.73. The van der Waals surface area contributed by atoms with Gasteiger partial charge >= 0.3 is 0 Å². The van der Waals surface area contributed by atoms with Crippen molar-refractivity contribution in [3.8, 4) is 5.75 Å². The summed E-state index contributed by atoms with van der Waals surface area (Å²) in [6.45, 7) is 0. The van der Waals surface area contributed by atoms with E-state index >= 15 is 0 Å². The summed E-state index contributed by atoms with van der Waals surface area (Å²) in [5.74, 6) is -1.88. The standard InChI is InChI=1S/C23H16ClNO4/c24-12-6-4-11(5-7-12)18-19-16(2-1-3-17(19)27)25-21-20(18)22(28)14-9-8-13(26)10-15(14)23(21)29/h4-10,18-19,26H,1-3H2. The third-order valence-corrected chi connectivity index (χ3v) is 6.15. The van der Waals surface area contributed by atoms with Gasteiger partial charge in [-0.3, -0.25) is 19.4 Å². The number of aliphatic imine (C=N–C) groups is 1. The molecular weight excluding hydrogens is 390 g/mol. The van der Waals surface area contributed by atoms with Gasteiger partial charge in [0.1, 0.15) is 17.2 Å². The molecule has 0 aromatic heterocycles. The van der Waals surface area contributed by atoms with Gasteiger partial charge in [0.25, 0.3) is 0 Å². The molecule has 1 saturated carbocycles. The van der Waals surface area contributed by atoms with Crippen LogP contribution in [-0.2, 0) is 4.79 Å². The molecule has 1 N–H and O–H groups in total. The Labute approximate surface area is 171 Å². The number of hydrogen-bond acceptors (Lipinski definition) is 5. The smallest absolute Gasteiger partial charge is 0.212 e. The molecule has 2 unspecified atom stereocenters. The number of Topliss-reactive ketones (excluding diaryl/α,β-unsaturated/α-hetero) is 3. The molecule has 6 heteroatoms. The summed E-state index contributed by atoms with van der Waals surface area (Å²) in [6.07, 6.45) is 1.73. The maximum Gasteiger partial charge on any atom is 0.212 e. The number of benzene rings is 2. The highest BCUT2D eigenvalue weighted by Crippen LogP contribution is 2.46. The summed E-state index contributed by atoms with van der Waals surface area (Å²) in [5, 5.41) is 10.3. The van der Waals surface area contributed by atoms with Gasteiger partial charge < -0.3 is 5.11 Å². The first-order chi connectivity index (χ1) is 14.0. The highest BCUT2D eigenvalue weighted by Gasteiger charge is 2.47. The van der Waals surface area contributed by atoms with Crippen LogP contribution in [-0.4, -0.2) is 28.2 Å². The van der Waals surface area contributed by atoms with Crippen LogP contribution in [0.1, 0.15) is 51.5 Å². The van der Waals surface area contributed by atoms with Crippen molar-refractivity contribution in [3.63, 3.8) is 0 Å². The molecule has 1 fully saturated rings. The lowest BCUT2D eigenvalue weighted by atomic mass is 9.66. The van der Waals surface area contributed by atoms with Crippen LogP contribution in [0, 0.1) is 5.92 Å². The van der Waals surface area contributed by atoms with Crippen molar-refractivity contribution < 1.29 is 19.5 Å². The summed E-state index contributed by atoms with van der Waals surface area (Å²) in [4.78, 5) is 44.0. The largest absolute Gasteiger partial charge is 0.508 e. The molecular formula is C23H16ClNO4. The van der Waals surface area contributed by atoms with Gasteiger partial charge in [0.15, 0.2) is 5.78 Å². The van der Waals surface area contributed by atoms with E-state index in [0.29, 0.717) is 30.0 Å². The third kappa shape index (κ3) is 2.69. The Kier molecular flexibility index (Phi) is 4.03. The second kappa shape index (κ2) is 6.49. The minimum absolute atomic E-state index is 0.0400. The van der Waals surface area contributed by atoms with Crippen molar-refractivity contribution in [1.82, 2.24) is 0 Å². The van der Waals surface area contributed by atoms with Crippen LogP contribution < -0.4 is 0 Å². The molecule has 5 rings (SSSR count). The lowest BCUT2D eigenvalue weighted by molar-refractivity contribution is -0.121. The van der Waals surface area contributed by atoms with Gasteiger partial charge in [-0.2, -0.15) is 0 Å². The Balaban J connectivity index is 1.76. The number of carbonyl (C=O) groups excluding carboxylic acids is 3. The SMILES string of the molecule is O=C1C2=C(C(=O)c3ccc(O)cc31)C(c1ccc(Cl)cc1)C1C(=O)CCCC1=N2. The van der Waals surface area contributed by atoms with Crippen LogP contribution in [0.3, 0.4) is 0 Å². The molecule has 1 aliphatic heterocycles. The van der Waals surface area contributed by atoms with Gasteiger partial charge in [-0.15, -0.1) is 0 Å². The summed E-state index contributed by atoms with van der Waals surface area (Å²) in [6, 6.07) is 11.2. The molecule has 5 nitrogen and oxygen atoms in total. The fourth-order valence-electron chi connectivity index (χ4n) is 4.60. The fraction of sp³-hybridized carbons (Fsp3) is 0.217. The van der Waals surface area contributed by atoms with E-state index in [1.165, 1.54) is 18.2 Å². The van der Waals surface area contributed by atoms with E-state index in [1.807, 2.05) is 0 Å². The summed E-state index contributed by atoms with van der Waals surface area (Å²) >= 11 is 6.04. The number of hydrogen-bond donors (Lipinski definition) is 1. The van der Waals surface area contributed by atoms with Crippen molar-refractivity contribution in [3.05, 3.63) is 75.4 Å². The zero-order valence-corrected chi connectivity index (χ0v) is 16.1.